The van der Waals surface area contributed by atoms with Gasteiger partial charge in [-0.05, 0) is 56.2 Å². The number of hydrogen-bond acceptors (Lipinski definition) is 6. The van der Waals surface area contributed by atoms with Crippen molar-refractivity contribution in [3.05, 3.63) is 46.5 Å². The van der Waals surface area contributed by atoms with E-state index in [0.717, 1.165) is 6.42 Å². The molecule has 2 aromatic carbocycles. The number of halogens is 1. The summed E-state index contributed by atoms with van der Waals surface area (Å²) in [4.78, 5) is 12.5. The molecule has 0 bridgehead atoms. The Bertz CT molecular complexity index is 886. The van der Waals surface area contributed by atoms with Gasteiger partial charge >= 0.3 is 0 Å². The average molecular weight is 435 g/mol. The molecule has 0 unspecified atom stereocenters. The maximum Gasteiger partial charge on any atom is 0.271 e. The first-order chi connectivity index (χ1) is 14.5. The average Bonchev–Trinajstić information content (AvgIpc) is 2.74. The van der Waals surface area contributed by atoms with Gasteiger partial charge in [-0.25, -0.2) is 5.43 Å². The van der Waals surface area contributed by atoms with E-state index in [4.69, 9.17) is 30.5 Å². The lowest BCUT2D eigenvalue weighted by Crippen LogP contribution is -2.17. The Morgan fingerprint density at radius 3 is 2.47 bits per heavy atom. The molecule has 0 spiro atoms. The summed E-state index contributed by atoms with van der Waals surface area (Å²) < 4.78 is 22.0. The van der Waals surface area contributed by atoms with E-state index in [1.165, 1.54) is 13.3 Å². The Morgan fingerprint density at radius 2 is 1.80 bits per heavy atom. The zero-order valence-corrected chi connectivity index (χ0v) is 18.4. The minimum atomic E-state index is -0.377. The van der Waals surface area contributed by atoms with E-state index in [0.29, 0.717) is 59.0 Å². The van der Waals surface area contributed by atoms with Crippen LogP contribution in [-0.2, 0) is 0 Å². The van der Waals surface area contributed by atoms with E-state index in [9.17, 15) is 4.79 Å². The lowest BCUT2D eigenvalue weighted by molar-refractivity contribution is 0.0954. The molecule has 0 saturated heterocycles. The van der Waals surface area contributed by atoms with Crippen LogP contribution in [0.5, 0.6) is 23.0 Å². The summed E-state index contributed by atoms with van der Waals surface area (Å²) in [6, 6.07) is 8.42. The molecule has 0 atom stereocenters. The van der Waals surface area contributed by atoms with Gasteiger partial charge < -0.3 is 18.9 Å². The molecular weight excluding hydrogens is 408 g/mol. The molecule has 1 N–H and O–H groups in total. The Hall–Kier alpha value is -2.93. The van der Waals surface area contributed by atoms with Gasteiger partial charge in [0.25, 0.3) is 5.91 Å². The molecule has 30 heavy (non-hydrogen) atoms. The fraction of sp³-hybridized carbons (Fsp3) is 0.364. The van der Waals surface area contributed by atoms with E-state index in [1.807, 2.05) is 20.8 Å². The van der Waals surface area contributed by atoms with Crippen LogP contribution in [0.2, 0.25) is 5.02 Å². The number of ether oxygens (including phenoxy) is 4. The summed E-state index contributed by atoms with van der Waals surface area (Å²) in [7, 11) is 1.53. The molecular formula is C22H27ClN2O5. The second-order valence-corrected chi connectivity index (χ2v) is 6.52. The first kappa shape index (κ1) is 23.3. The van der Waals surface area contributed by atoms with Gasteiger partial charge in [0, 0.05) is 5.56 Å². The van der Waals surface area contributed by atoms with Gasteiger partial charge in [0.1, 0.15) is 0 Å². The Balaban J connectivity index is 2.12. The molecule has 0 radical (unpaired) electrons. The van der Waals surface area contributed by atoms with Gasteiger partial charge in [0.15, 0.2) is 23.0 Å². The first-order valence-corrected chi connectivity index (χ1v) is 10.1. The van der Waals surface area contributed by atoms with Gasteiger partial charge in [0.05, 0.1) is 38.2 Å². The summed E-state index contributed by atoms with van der Waals surface area (Å²) in [5.41, 5.74) is 3.55. The predicted octanol–water partition coefficient (Wildman–Crippen LogP) is 4.70. The summed E-state index contributed by atoms with van der Waals surface area (Å²) >= 11 is 6.25. The van der Waals surface area contributed by atoms with Gasteiger partial charge in [-0.3, -0.25) is 4.79 Å². The van der Waals surface area contributed by atoms with Gasteiger partial charge in [-0.15, -0.1) is 0 Å². The third kappa shape index (κ3) is 6.29. The maximum atomic E-state index is 12.5. The monoisotopic (exact) mass is 434 g/mol. The number of rotatable bonds is 11. The normalized spacial score (nSPS) is 10.7. The van der Waals surface area contributed by atoms with E-state index in [-0.39, 0.29) is 5.91 Å². The molecule has 7 nitrogen and oxygen atoms in total. The van der Waals surface area contributed by atoms with Crippen LogP contribution >= 0.6 is 11.6 Å². The van der Waals surface area contributed by atoms with Crippen LogP contribution in [0, 0.1) is 0 Å². The third-order valence-electron chi connectivity index (χ3n) is 3.89. The summed E-state index contributed by atoms with van der Waals surface area (Å²) in [5.74, 6) is 1.71. The van der Waals surface area contributed by atoms with Crippen LogP contribution in [0.4, 0.5) is 0 Å². The standard InChI is InChI=1S/C22H27ClN2O5/c1-5-10-30-18-9-8-16(13-19(18)28-6-2)22(26)25-24-14-15-11-17(23)21(29-7-3)20(12-15)27-4/h8-9,11-14H,5-7,10H2,1-4H3,(H,25,26)/b24-14+. The molecule has 2 rings (SSSR count). The molecule has 0 saturated carbocycles. The van der Waals surface area contributed by atoms with Crippen LogP contribution < -0.4 is 24.4 Å². The van der Waals surface area contributed by atoms with E-state index < -0.39 is 0 Å². The van der Waals surface area contributed by atoms with E-state index >= 15 is 0 Å². The van der Waals surface area contributed by atoms with Crippen molar-refractivity contribution >= 4 is 23.7 Å². The number of nitrogens with zero attached hydrogens (tertiary/aromatic N) is 1. The Labute approximate surface area is 181 Å². The lowest BCUT2D eigenvalue weighted by Gasteiger charge is -2.12. The summed E-state index contributed by atoms with van der Waals surface area (Å²) in [6.07, 6.45) is 2.35. The Morgan fingerprint density at radius 1 is 1.03 bits per heavy atom. The minimum Gasteiger partial charge on any atom is -0.493 e. The maximum absolute atomic E-state index is 12.5. The highest BCUT2D eigenvalue weighted by Crippen LogP contribution is 2.36. The fourth-order valence-corrected chi connectivity index (χ4v) is 2.85. The highest BCUT2D eigenvalue weighted by atomic mass is 35.5. The first-order valence-electron chi connectivity index (χ1n) is 9.77. The quantitative estimate of drug-likeness (QED) is 0.409. The molecule has 0 aliphatic carbocycles. The van der Waals surface area contributed by atoms with Crippen molar-refractivity contribution in [3.8, 4) is 23.0 Å². The van der Waals surface area contributed by atoms with Gasteiger partial charge in [-0.1, -0.05) is 18.5 Å². The highest BCUT2D eigenvalue weighted by molar-refractivity contribution is 6.32. The van der Waals surface area contributed by atoms with Crippen LogP contribution in [0.25, 0.3) is 0 Å². The number of carbonyl (C=O) groups excluding carboxylic acids is 1. The minimum absolute atomic E-state index is 0.377. The molecule has 0 heterocycles. The van der Waals surface area contributed by atoms with Crippen molar-refractivity contribution in [3.63, 3.8) is 0 Å². The number of hydrazone groups is 1. The van der Waals surface area contributed by atoms with Gasteiger partial charge in [-0.2, -0.15) is 5.10 Å². The van der Waals surface area contributed by atoms with Crippen molar-refractivity contribution in [2.45, 2.75) is 27.2 Å². The SMILES string of the molecule is CCCOc1ccc(C(=O)N/N=C/c2cc(Cl)c(OCC)c(OC)c2)cc1OCC. The number of nitrogens with one attached hydrogen (secondary N) is 1. The lowest BCUT2D eigenvalue weighted by atomic mass is 10.2. The molecule has 0 aliphatic rings. The largest absolute Gasteiger partial charge is 0.493 e. The van der Waals surface area contributed by atoms with E-state index in [1.54, 1.807) is 30.3 Å². The van der Waals surface area contributed by atoms with Crippen molar-refractivity contribution < 1.29 is 23.7 Å². The second-order valence-electron chi connectivity index (χ2n) is 6.11. The summed E-state index contributed by atoms with van der Waals surface area (Å²) in [5, 5.41) is 4.40. The van der Waals surface area contributed by atoms with Gasteiger partial charge in [0.2, 0.25) is 0 Å². The number of benzene rings is 2. The number of hydrogen-bond donors (Lipinski definition) is 1. The number of methoxy groups -OCH3 is 1. The van der Waals surface area contributed by atoms with Crippen molar-refractivity contribution in [2.24, 2.45) is 5.10 Å². The zero-order valence-electron chi connectivity index (χ0n) is 17.7. The van der Waals surface area contributed by atoms with Crippen LogP contribution in [0.3, 0.4) is 0 Å². The topological polar surface area (TPSA) is 78.4 Å². The van der Waals surface area contributed by atoms with Crippen molar-refractivity contribution in [1.29, 1.82) is 0 Å². The third-order valence-corrected chi connectivity index (χ3v) is 4.17. The second kappa shape index (κ2) is 11.9. The molecule has 8 heteroatoms. The zero-order chi connectivity index (χ0) is 21.9. The Kier molecular flexibility index (Phi) is 9.28. The molecule has 1 amide bonds. The number of amides is 1. The van der Waals surface area contributed by atoms with Crippen LogP contribution in [0.15, 0.2) is 35.4 Å². The van der Waals surface area contributed by atoms with Crippen LogP contribution in [0.1, 0.15) is 43.1 Å². The molecule has 162 valence electrons. The molecule has 0 fully saturated rings. The van der Waals surface area contributed by atoms with E-state index in [2.05, 4.69) is 10.5 Å². The predicted molar refractivity (Wildman–Crippen MR) is 118 cm³/mol. The van der Waals surface area contributed by atoms with Crippen molar-refractivity contribution in [2.75, 3.05) is 26.9 Å². The number of carbonyl (C=O) groups is 1. The molecule has 2 aromatic rings. The highest BCUT2D eigenvalue weighted by Gasteiger charge is 2.12. The molecule has 0 aliphatic heterocycles. The van der Waals surface area contributed by atoms with Crippen molar-refractivity contribution in [1.82, 2.24) is 5.43 Å². The fourth-order valence-electron chi connectivity index (χ4n) is 2.58. The smallest absolute Gasteiger partial charge is 0.271 e. The molecule has 0 aromatic heterocycles. The summed E-state index contributed by atoms with van der Waals surface area (Å²) in [6.45, 7) is 7.26. The van der Waals surface area contributed by atoms with Crippen LogP contribution in [-0.4, -0.2) is 39.1 Å².